The van der Waals surface area contributed by atoms with Gasteiger partial charge in [-0.15, -0.1) is 0 Å². The van der Waals surface area contributed by atoms with Crippen molar-refractivity contribution in [2.24, 2.45) is 28.1 Å². The molecule has 1 aromatic heterocycles. The van der Waals surface area contributed by atoms with Crippen molar-refractivity contribution in [2.75, 3.05) is 0 Å². The Balaban J connectivity index is 1.69. The summed E-state index contributed by atoms with van der Waals surface area (Å²) in [6, 6.07) is 1.99. The fourth-order valence-corrected chi connectivity index (χ4v) is 5.98. The number of hydrogen-bond acceptors (Lipinski definition) is 3. The molecule has 1 spiro atoms. The third-order valence-electron chi connectivity index (χ3n) is 7.65. The maximum absolute atomic E-state index is 12.0. The highest BCUT2D eigenvalue weighted by Gasteiger charge is 2.79. The number of furan rings is 1. The molecule has 3 aliphatic rings. The number of carboxylic acids is 1. The molecule has 1 heterocycles. The lowest BCUT2D eigenvalue weighted by Crippen LogP contribution is -2.53. The van der Waals surface area contributed by atoms with Gasteiger partial charge in [0.1, 0.15) is 0 Å². The first-order valence-electron chi connectivity index (χ1n) is 8.98. The van der Waals surface area contributed by atoms with Crippen LogP contribution >= 0.6 is 0 Å². The standard InChI is InChI=1S/C20H26O4/c1-13-3-8-19-12-20(19,17(22)23)9-5-15(21)16(19)18(13,2)7-4-14-6-10-24-11-14/h5-6,9-11,13,15-16,21H,3-4,7-8,12H2,1-2H3,(H,22,23)/t13-,15+,16-,18+,19+,20+/m1/s1. The van der Waals surface area contributed by atoms with Crippen molar-refractivity contribution in [1.29, 1.82) is 0 Å². The number of aliphatic carboxylic acids is 1. The van der Waals surface area contributed by atoms with Gasteiger partial charge in [0.15, 0.2) is 0 Å². The molecule has 6 atom stereocenters. The van der Waals surface area contributed by atoms with E-state index in [0.717, 1.165) is 25.7 Å². The van der Waals surface area contributed by atoms with E-state index in [9.17, 15) is 15.0 Å². The summed E-state index contributed by atoms with van der Waals surface area (Å²) in [5.74, 6) is -0.239. The summed E-state index contributed by atoms with van der Waals surface area (Å²) in [5, 5.41) is 20.6. The Bertz CT molecular complexity index is 678. The van der Waals surface area contributed by atoms with Crippen molar-refractivity contribution in [3.63, 3.8) is 0 Å². The zero-order chi connectivity index (χ0) is 17.2. The van der Waals surface area contributed by atoms with Gasteiger partial charge in [-0.2, -0.15) is 0 Å². The molecule has 3 aliphatic carbocycles. The van der Waals surface area contributed by atoms with Crippen LogP contribution in [0.2, 0.25) is 0 Å². The molecule has 2 saturated carbocycles. The normalized spacial score (nSPS) is 46.2. The number of aliphatic hydroxyl groups is 1. The van der Waals surface area contributed by atoms with Crippen molar-refractivity contribution in [3.05, 3.63) is 36.3 Å². The monoisotopic (exact) mass is 330 g/mol. The maximum atomic E-state index is 12.0. The Morgan fingerprint density at radius 3 is 2.92 bits per heavy atom. The van der Waals surface area contributed by atoms with Crippen LogP contribution in [-0.4, -0.2) is 22.3 Å². The van der Waals surface area contributed by atoms with Crippen LogP contribution in [0.5, 0.6) is 0 Å². The van der Waals surface area contributed by atoms with Crippen LogP contribution in [0.15, 0.2) is 35.2 Å². The minimum atomic E-state index is -0.742. The summed E-state index contributed by atoms with van der Waals surface area (Å²) < 4.78 is 5.18. The van der Waals surface area contributed by atoms with Crippen molar-refractivity contribution in [3.8, 4) is 0 Å². The number of hydrogen-bond donors (Lipinski definition) is 2. The second-order valence-electron chi connectivity index (χ2n) is 8.51. The van der Waals surface area contributed by atoms with Crippen LogP contribution in [0.1, 0.15) is 45.1 Å². The molecule has 4 rings (SSSR count). The van der Waals surface area contributed by atoms with E-state index >= 15 is 0 Å². The molecule has 4 heteroatoms. The average molecular weight is 330 g/mol. The second-order valence-corrected chi connectivity index (χ2v) is 8.51. The topological polar surface area (TPSA) is 70.7 Å². The van der Waals surface area contributed by atoms with Gasteiger partial charge in [0.05, 0.1) is 24.0 Å². The molecular formula is C20H26O4. The molecule has 0 radical (unpaired) electrons. The summed E-state index contributed by atoms with van der Waals surface area (Å²) in [6.07, 6.45) is 10.9. The number of carboxylic acid groups (broad SMARTS) is 1. The lowest BCUT2D eigenvalue weighted by atomic mass is 9.50. The summed E-state index contributed by atoms with van der Waals surface area (Å²) in [4.78, 5) is 12.0. The first-order chi connectivity index (χ1) is 11.4. The summed E-state index contributed by atoms with van der Waals surface area (Å²) in [5.41, 5.74) is 0.0966. The molecule has 24 heavy (non-hydrogen) atoms. The van der Waals surface area contributed by atoms with Crippen molar-refractivity contribution < 1.29 is 19.4 Å². The van der Waals surface area contributed by atoms with Crippen LogP contribution in [0.3, 0.4) is 0 Å². The predicted molar refractivity (Wildman–Crippen MR) is 89.3 cm³/mol. The number of aliphatic hydroxyl groups excluding tert-OH is 1. The minimum Gasteiger partial charge on any atom is -0.481 e. The minimum absolute atomic E-state index is 0.0155. The lowest BCUT2D eigenvalue weighted by molar-refractivity contribution is -0.148. The molecule has 2 N–H and O–H groups in total. The van der Waals surface area contributed by atoms with Gasteiger partial charge in [-0.25, -0.2) is 0 Å². The van der Waals surface area contributed by atoms with Crippen molar-refractivity contribution in [1.82, 2.24) is 0 Å². The van der Waals surface area contributed by atoms with E-state index in [-0.39, 0.29) is 16.7 Å². The second kappa shape index (κ2) is 4.98. The number of aryl methyl sites for hydroxylation is 1. The molecule has 0 saturated heterocycles. The first kappa shape index (κ1) is 15.9. The molecule has 0 aliphatic heterocycles. The molecule has 2 fully saturated rings. The van der Waals surface area contributed by atoms with E-state index in [0.29, 0.717) is 12.3 Å². The van der Waals surface area contributed by atoms with E-state index < -0.39 is 17.5 Å². The first-order valence-corrected chi connectivity index (χ1v) is 8.98. The van der Waals surface area contributed by atoms with Gasteiger partial charge < -0.3 is 14.6 Å². The molecule has 0 unspecified atom stereocenters. The van der Waals surface area contributed by atoms with Gasteiger partial charge in [0, 0.05) is 5.92 Å². The molecule has 0 aromatic carbocycles. The third-order valence-corrected chi connectivity index (χ3v) is 7.65. The van der Waals surface area contributed by atoms with Gasteiger partial charge in [-0.3, -0.25) is 4.79 Å². The summed E-state index contributed by atoms with van der Waals surface area (Å²) >= 11 is 0. The summed E-state index contributed by atoms with van der Waals surface area (Å²) in [6.45, 7) is 4.52. The van der Waals surface area contributed by atoms with Gasteiger partial charge >= 0.3 is 5.97 Å². The quantitative estimate of drug-likeness (QED) is 0.827. The van der Waals surface area contributed by atoms with Gasteiger partial charge in [0.2, 0.25) is 0 Å². The van der Waals surface area contributed by atoms with Gasteiger partial charge in [0.25, 0.3) is 0 Å². The Labute approximate surface area is 142 Å². The van der Waals surface area contributed by atoms with Crippen LogP contribution < -0.4 is 0 Å². The average Bonchev–Trinajstić information content (AvgIpc) is 2.93. The van der Waals surface area contributed by atoms with E-state index in [1.165, 1.54) is 5.56 Å². The zero-order valence-corrected chi connectivity index (χ0v) is 14.4. The lowest BCUT2D eigenvalue weighted by Gasteiger charge is -2.54. The van der Waals surface area contributed by atoms with Crippen LogP contribution in [-0.2, 0) is 11.2 Å². The molecule has 130 valence electrons. The van der Waals surface area contributed by atoms with E-state index in [2.05, 4.69) is 13.8 Å². The fraction of sp³-hybridized carbons (Fsp3) is 0.650. The highest BCUT2D eigenvalue weighted by Crippen LogP contribution is 2.79. The Morgan fingerprint density at radius 1 is 1.46 bits per heavy atom. The van der Waals surface area contributed by atoms with E-state index in [4.69, 9.17) is 4.42 Å². The Hall–Kier alpha value is -1.55. The van der Waals surface area contributed by atoms with Crippen LogP contribution in [0.4, 0.5) is 0 Å². The highest BCUT2D eigenvalue weighted by molar-refractivity contribution is 5.83. The zero-order valence-electron chi connectivity index (χ0n) is 14.4. The fourth-order valence-electron chi connectivity index (χ4n) is 5.98. The smallest absolute Gasteiger partial charge is 0.314 e. The Kier molecular flexibility index (Phi) is 3.31. The highest BCUT2D eigenvalue weighted by atomic mass is 16.4. The van der Waals surface area contributed by atoms with Crippen molar-refractivity contribution >= 4 is 5.97 Å². The van der Waals surface area contributed by atoms with Gasteiger partial charge in [-0.1, -0.05) is 26.0 Å². The number of rotatable bonds is 4. The molecule has 1 aromatic rings. The molecular weight excluding hydrogens is 304 g/mol. The van der Waals surface area contributed by atoms with E-state index in [1.807, 2.05) is 6.07 Å². The van der Waals surface area contributed by atoms with Crippen LogP contribution in [0.25, 0.3) is 0 Å². The molecule has 0 amide bonds. The van der Waals surface area contributed by atoms with E-state index in [1.54, 1.807) is 24.7 Å². The maximum Gasteiger partial charge on any atom is 0.314 e. The predicted octanol–water partition coefficient (Wildman–Crippen LogP) is 3.66. The largest absolute Gasteiger partial charge is 0.481 e. The summed E-state index contributed by atoms with van der Waals surface area (Å²) in [7, 11) is 0. The number of carbonyl (C=O) groups is 1. The van der Waals surface area contributed by atoms with Crippen molar-refractivity contribution in [2.45, 2.75) is 52.1 Å². The Morgan fingerprint density at radius 2 is 2.25 bits per heavy atom. The van der Waals surface area contributed by atoms with Gasteiger partial charge in [-0.05, 0) is 60.5 Å². The van der Waals surface area contributed by atoms with Crippen LogP contribution in [0, 0.1) is 28.1 Å². The third kappa shape index (κ3) is 1.86. The SMILES string of the molecule is C[C@@H]1CC[C@@]23C[C@]2(C(=O)O)C=C[C@H](O)[C@@H]3[C@@]1(C)CCc1ccoc1. The molecule has 4 nitrogen and oxygen atoms in total. The molecule has 0 bridgehead atoms.